The predicted octanol–water partition coefficient (Wildman–Crippen LogP) is 3.33. The minimum Gasteiger partial charge on any atom is -0.503 e. The molecule has 0 saturated carbocycles. The molecule has 3 heterocycles. The van der Waals surface area contributed by atoms with Gasteiger partial charge in [-0.3, -0.25) is 14.4 Å². The Hall–Kier alpha value is -4.22. The number of aromatic hydroxyl groups is 1. The summed E-state index contributed by atoms with van der Waals surface area (Å²) >= 11 is 0. The van der Waals surface area contributed by atoms with Gasteiger partial charge in [0, 0.05) is 43.0 Å². The van der Waals surface area contributed by atoms with Crippen LogP contribution in [-0.4, -0.2) is 28.0 Å². The largest absolute Gasteiger partial charge is 0.503 e. The molecule has 2 aliphatic heterocycles. The normalized spacial score (nSPS) is 16.3. The summed E-state index contributed by atoms with van der Waals surface area (Å²) in [5.74, 6) is -8.85. The first-order chi connectivity index (χ1) is 17.1. The molecule has 186 valence electrons. The number of aromatic nitrogens is 1. The second kappa shape index (κ2) is 8.47. The van der Waals surface area contributed by atoms with Crippen molar-refractivity contribution in [2.75, 3.05) is 11.4 Å². The van der Waals surface area contributed by atoms with Crippen LogP contribution in [0.15, 0.2) is 35.3 Å². The van der Waals surface area contributed by atoms with Crippen molar-refractivity contribution in [3.8, 4) is 5.75 Å². The molecule has 5 rings (SSSR count). The van der Waals surface area contributed by atoms with Crippen molar-refractivity contribution in [3.63, 3.8) is 0 Å². The van der Waals surface area contributed by atoms with E-state index in [1.165, 1.54) is 4.57 Å². The number of benzene rings is 2. The Morgan fingerprint density at radius 2 is 1.67 bits per heavy atom. The van der Waals surface area contributed by atoms with E-state index in [-0.39, 0.29) is 18.7 Å². The number of hydrogen-bond donors (Lipinski definition) is 2. The summed E-state index contributed by atoms with van der Waals surface area (Å²) in [4.78, 5) is 39.8. The Morgan fingerprint density at radius 1 is 1.00 bits per heavy atom. The van der Waals surface area contributed by atoms with Gasteiger partial charge in [-0.25, -0.2) is 22.0 Å². The van der Waals surface area contributed by atoms with Gasteiger partial charge in [-0.05, 0) is 24.5 Å². The molecule has 36 heavy (non-hydrogen) atoms. The quantitative estimate of drug-likeness (QED) is 0.535. The molecule has 0 unspecified atom stereocenters. The molecule has 0 radical (unpaired) electrons. The summed E-state index contributed by atoms with van der Waals surface area (Å²) in [6.07, 6.45) is 1.59. The molecule has 2 aliphatic rings. The number of carbonyl (C=O) groups excluding carboxylic acids is 2. The Bertz CT molecular complexity index is 1500. The number of rotatable bonds is 3. The van der Waals surface area contributed by atoms with E-state index in [4.69, 9.17) is 0 Å². The lowest BCUT2D eigenvalue weighted by Gasteiger charge is -2.35. The standard InChI is InChI=1S/C24H16F5N3O4/c25-11-4-15(26)13(16(27)5-11)7-30-23(35)14-9-31-12-2-1-10-3-17(28)18(29)6-19(10)32(8-12)24(36)20(31)22(34)21(14)33/h3-6,9,12,34H,1-2,7-8H2,(H,30,35)/t12-/m0/s1. The molecule has 12 heteroatoms. The number of halogens is 5. The Morgan fingerprint density at radius 3 is 2.36 bits per heavy atom. The highest BCUT2D eigenvalue weighted by Gasteiger charge is 2.39. The van der Waals surface area contributed by atoms with Crippen molar-refractivity contribution >= 4 is 17.5 Å². The first-order valence-corrected chi connectivity index (χ1v) is 10.8. The van der Waals surface area contributed by atoms with Crippen molar-refractivity contribution in [1.82, 2.24) is 9.88 Å². The maximum atomic E-state index is 13.9. The van der Waals surface area contributed by atoms with E-state index in [2.05, 4.69) is 5.32 Å². The van der Waals surface area contributed by atoms with E-state index in [0.717, 1.165) is 23.2 Å². The molecule has 0 fully saturated rings. The number of anilines is 1. The molecule has 2 N–H and O–H groups in total. The number of amides is 2. The first-order valence-electron chi connectivity index (χ1n) is 10.8. The number of hydrogen-bond acceptors (Lipinski definition) is 4. The van der Waals surface area contributed by atoms with Crippen molar-refractivity contribution in [2.24, 2.45) is 0 Å². The topological polar surface area (TPSA) is 91.6 Å². The summed E-state index contributed by atoms with van der Waals surface area (Å²) in [5.41, 5.74) is -2.40. The summed E-state index contributed by atoms with van der Waals surface area (Å²) in [6, 6.07) is 2.17. The van der Waals surface area contributed by atoms with E-state index in [1.54, 1.807) is 0 Å². The summed E-state index contributed by atoms with van der Waals surface area (Å²) in [6.45, 7) is -0.722. The van der Waals surface area contributed by atoms with Crippen molar-refractivity contribution in [2.45, 2.75) is 25.4 Å². The van der Waals surface area contributed by atoms with Crippen LogP contribution < -0.4 is 15.6 Å². The lowest BCUT2D eigenvalue weighted by molar-refractivity contribution is 0.0929. The number of nitrogens with zero attached hydrogens (tertiary/aromatic N) is 2. The van der Waals surface area contributed by atoms with Gasteiger partial charge in [-0.2, -0.15) is 0 Å². The number of fused-ring (bicyclic) bond motifs is 6. The zero-order chi connectivity index (χ0) is 25.9. The minimum atomic E-state index is -1.24. The fourth-order valence-electron chi connectivity index (χ4n) is 4.58. The molecule has 2 amide bonds. The van der Waals surface area contributed by atoms with Crippen molar-refractivity contribution in [1.29, 1.82) is 0 Å². The first kappa shape index (κ1) is 23.5. The van der Waals surface area contributed by atoms with E-state index >= 15 is 0 Å². The molecular formula is C24H16F5N3O4. The van der Waals surface area contributed by atoms with Crippen LogP contribution in [0.2, 0.25) is 0 Å². The average Bonchev–Trinajstić information content (AvgIpc) is 2.97. The number of aryl methyl sites for hydroxylation is 1. The molecule has 7 nitrogen and oxygen atoms in total. The third-order valence-corrected chi connectivity index (χ3v) is 6.38. The zero-order valence-corrected chi connectivity index (χ0v) is 18.2. The van der Waals surface area contributed by atoms with Gasteiger partial charge in [-0.1, -0.05) is 0 Å². The van der Waals surface area contributed by atoms with Gasteiger partial charge in [0.15, 0.2) is 23.1 Å². The lowest BCUT2D eigenvalue weighted by Crippen LogP contribution is -2.44. The zero-order valence-electron chi connectivity index (χ0n) is 18.2. The van der Waals surface area contributed by atoms with Crippen LogP contribution in [0.25, 0.3) is 0 Å². The lowest BCUT2D eigenvalue weighted by atomic mass is 10.0. The third-order valence-electron chi connectivity index (χ3n) is 6.38. The SMILES string of the molecule is O=C(NCc1c(F)cc(F)cc1F)c1cn2c(c(O)c1=O)C(=O)N1C[C@@H]2CCc2cc(F)c(F)cc21. The van der Waals surface area contributed by atoms with Gasteiger partial charge < -0.3 is 19.9 Å². The molecular weight excluding hydrogens is 489 g/mol. The molecule has 0 aliphatic carbocycles. The van der Waals surface area contributed by atoms with Gasteiger partial charge in [-0.15, -0.1) is 0 Å². The minimum absolute atomic E-state index is 0.000717. The van der Waals surface area contributed by atoms with E-state index in [9.17, 15) is 41.4 Å². The van der Waals surface area contributed by atoms with Crippen LogP contribution in [-0.2, 0) is 13.0 Å². The highest BCUT2D eigenvalue weighted by molar-refractivity contribution is 6.08. The van der Waals surface area contributed by atoms with Crippen LogP contribution in [0.1, 0.15) is 44.4 Å². The summed E-state index contributed by atoms with van der Waals surface area (Å²) in [5, 5.41) is 12.7. The summed E-state index contributed by atoms with van der Waals surface area (Å²) in [7, 11) is 0. The monoisotopic (exact) mass is 505 g/mol. The second-order valence-electron chi connectivity index (χ2n) is 8.51. The highest BCUT2D eigenvalue weighted by atomic mass is 19.2. The molecule has 0 saturated heterocycles. The predicted molar refractivity (Wildman–Crippen MR) is 115 cm³/mol. The van der Waals surface area contributed by atoms with Gasteiger partial charge in [0.25, 0.3) is 11.8 Å². The fraction of sp³-hybridized carbons (Fsp3) is 0.208. The number of carbonyl (C=O) groups is 2. The van der Waals surface area contributed by atoms with Crippen molar-refractivity contribution in [3.05, 3.63) is 92.2 Å². The Kier molecular flexibility index (Phi) is 5.53. The van der Waals surface area contributed by atoms with Gasteiger partial charge >= 0.3 is 0 Å². The Labute approximate surface area is 199 Å². The van der Waals surface area contributed by atoms with Gasteiger partial charge in [0.1, 0.15) is 23.0 Å². The van der Waals surface area contributed by atoms with Crippen LogP contribution in [0, 0.1) is 29.1 Å². The maximum Gasteiger partial charge on any atom is 0.279 e. The van der Waals surface area contributed by atoms with E-state index in [0.29, 0.717) is 24.1 Å². The molecule has 2 aromatic carbocycles. The van der Waals surface area contributed by atoms with Crippen molar-refractivity contribution < 1.29 is 36.6 Å². The van der Waals surface area contributed by atoms with Crippen LogP contribution in [0.5, 0.6) is 5.75 Å². The highest BCUT2D eigenvalue weighted by Crippen LogP contribution is 2.38. The number of pyridine rings is 1. The van der Waals surface area contributed by atoms with E-state index < -0.39 is 81.5 Å². The number of nitrogens with one attached hydrogen (secondary N) is 1. The smallest absolute Gasteiger partial charge is 0.279 e. The molecule has 0 spiro atoms. The molecule has 2 bridgehead atoms. The maximum absolute atomic E-state index is 13.9. The molecule has 3 aromatic rings. The van der Waals surface area contributed by atoms with Gasteiger partial charge in [0.05, 0.1) is 11.7 Å². The molecule has 1 aromatic heterocycles. The van der Waals surface area contributed by atoms with Crippen LogP contribution in [0.4, 0.5) is 27.6 Å². The third kappa shape index (κ3) is 3.69. The van der Waals surface area contributed by atoms with Crippen LogP contribution in [0.3, 0.4) is 0 Å². The van der Waals surface area contributed by atoms with Crippen LogP contribution >= 0.6 is 0 Å². The summed E-state index contributed by atoms with van der Waals surface area (Å²) < 4.78 is 69.8. The van der Waals surface area contributed by atoms with E-state index in [1.807, 2.05) is 0 Å². The molecule has 1 atom stereocenters. The Balaban J connectivity index is 1.51. The average molecular weight is 505 g/mol. The second-order valence-corrected chi connectivity index (χ2v) is 8.51. The van der Waals surface area contributed by atoms with Gasteiger partial charge in [0.2, 0.25) is 5.43 Å². The fourth-order valence-corrected chi connectivity index (χ4v) is 4.58.